The van der Waals surface area contributed by atoms with Crippen molar-refractivity contribution in [2.45, 2.75) is 6.42 Å². The zero-order valence-corrected chi connectivity index (χ0v) is 8.90. The van der Waals surface area contributed by atoms with Gasteiger partial charge in [-0.3, -0.25) is 9.59 Å². The molecule has 0 saturated heterocycles. The number of hydrogen-bond acceptors (Lipinski definition) is 5. The molecule has 1 aliphatic rings. The topological polar surface area (TPSA) is 101 Å². The van der Waals surface area contributed by atoms with Crippen LogP contribution in [0.2, 0.25) is 0 Å². The largest absolute Gasteiger partial charge is 0.488 e. The predicted molar refractivity (Wildman–Crippen MR) is 59.1 cm³/mol. The lowest BCUT2D eigenvalue weighted by Gasteiger charge is -2.18. The number of hydrogen-bond donors (Lipinski definition) is 3. The summed E-state index contributed by atoms with van der Waals surface area (Å²) in [4.78, 5) is 25.6. The van der Waals surface area contributed by atoms with E-state index in [9.17, 15) is 9.59 Å². The number of nitrogens with zero attached hydrogens (tertiary/aromatic N) is 1. The smallest absolute Gasteiger partial charge is 0.312 e. The molecule has 2 heterocycles. The summed E-state index contributed by atoms with van der Waals surface area (Å²) in [5, 5.41) is 13.9. The van der Waals surface area contributed by atoms with E-state index in [4.69, 9.17) is 9.84 Å². The summed E-state index contributed by atoms with van der Waals surface area (Å²) in [7, 11) is 0. The number of aromatic nitrogens is 1. The molecule has 0 aromatic carbocycles. The molecule has 0 unspecified atom stereocenters. The van der Waals surface area contributed by atoms with Crippen LogP contribution in [0.3, 0.4) is 0 Å². The summed E-state index contributed by atoms with van der Waals surface area (Å²) < 4.78 is 5.33. The molecule has 2 rings (SSSR count). The van der Waals surface area contributed by atoms with Crippen LogP contribution in [-0.2, 0) is 9.59 Å². The van der Waals surface area contributed by atoms with Crippen molar-refractivity contribution in [3.05, 3.63) is 12.3 Å². The maximum Gasteiger partial charge on any atom is 0.312 e. The summed E-state index contributed by atoms with van der Waals surface area (Å²) in [6.45, 7) is 1.21. The third-order valence-electron chi connectivity index (χ3n) is 2.10. The number of anilines is 2. The van der Waals surface area contributed by atoms with Crippen molar-refractivity contribution in [2.24, 2.45) is 0 Å². The van der Waals surface area contributed by atoms with Crippen molar-refractivity contribution >= 4 is 23.4 Å². The van der Waals surface area contributed by atoms with Gasteiger partial charge in [0.05, 0.1) is 18.4 Å². The summed E-state index contributed by atoms with van der Waals surface area (Å²) in [6.07, 6.45) is 0.871. The normalized spacial score (nSPS) is 12.9. The zero-order valence-electron chi connectivity index (χ0n) is 8.90. The van der Waals surface area contributed by atoms with Crippen molar-refractivity contribution < 1.29 is 19.4 Å². The van der Waals surface area contributed by atoms with Crippen LogP contribution >= 0.6 is 0 Å². The number of aliphatic carboxylic acids is 1. The molecular formula is C10H11N3O4. The van der Waals surface area contributed by atoms with Gasteiger partial charge in [0.15, 0.2) is 11.6 Å². The number of rotatable bonds is 3. The van der Waals surface area contributed by atoms with Gasteiger partial charge in [0, 0.05) is 6.07 Å². The molecule has 90 valence electrons. The highest BCUT2D eigenvalue weighted by molar-refractivity contribution is 6.01. The number of amides is 1. The Morgan fingerprint density at radius 1 is 1.59 bits per heavy atom. The van der Waals surface area contributed by atoms with E-state index in [0.717, 1.165) is 0 Å². The first kappa shape index (κ1) is 11.2. The van der Waals surface area contributed by atoms with Crippen LogP contribution in [0.1, 0.15) is 6.42 Å². The molecule has 0 aliphatic carbocycles. The molecule has 17 heavy (non-hydrogen) atoms. The number of ether oxygens (including phenoxy) is 1. The third-order valence-corrected chi connectivity index (χ3v) is 2.10. The van der Waals surface area contributed by atoms with Gasteiger partial charge in [0.1, 0.15) is 13.0 Å². The monoisotopic (exact) mass is 237 g/mol. The number of carboxylic acids is 1. The minimum atomic E-state index is -1.17. The molecule has 0 atom stereocenters. The average Bonchev–Trinajstić information content (AvgIpc) is 2.27. The Morgan fingerprint density at radius 3 is 3.18 bits per heavy atom. The number of fused-ring (bicyclic) bond motifs is 1. The van der Waals surface area contributed by atoms with Crippen LogP contribution in [0.15, 0.2) is 12.3 Å². The highest BCUT2D eigenvalue weighted by atomic mass is 16.5. The number of nitrogens with one attached hydrogen (secondary N) is 2. The van der Waals surface area contributed by atoms with Gasteiger partial charge in [-0.1, -0.05) is 0 Å². The summed E-state index contributed by atoms with van der Waals surface area (Å²) in [5.41, 5.74) is 0.415. The minimum absolute atomic E-state index is 0.415. The molecule has 1 amide bonds. The average molecular weight is 237 g/mol. The molecule has 0 spiro atoms. The Kier molecular flexibility index (Phi) is 3.08. The van der Waals surface area contributed by atoms with Crippen molar-refractivity contribution in [2.75, 3.05) is 23.8 Å². The van der Waals surface area contributed by atoms with Gasteiger partial charge in [0.2, 0.25) is 5.91 Å². The molecule has 0 saturated carbocycles. The number of carboxylic acid groups (broad SMARTS) is 1. The molecule has 7 heteroatoms. The van der Waals surface area contributed by atoms with Crippen LogP contribution in [0, 0.1) is 0 Å². The molecule has 0 bridgehead atoms. The Bertz CT molecular complexity index is 461. The van der Waals surface area contributed by atoms with E-state index >= 15 is 0 Å². The molecule has 0 radical (unpaired) electrons. The first-order valence-corrected chi connectivity index (χ1v) is 5.03. The number of carbonyl (C=O) groups excluding carboxylic acids is 1. The first-order valence-electron chi connectivity index (χ1n) is 5.03. The lowest BCUT2D eigenvalue weighted by atomic mass is 10.3. The van der Waals surface area contributed by atoms with Gasteiger partial charge in [-0.05, 0) is 0 Å². The summed E-state index contributed by atoms with van der Waals surface area (Å²) >= 11 is 0. The fraction of sp³-hybridized carbons (Fsp3) is 0.300. The maximum absolute atomic E-state index is 11.2. The Labute approximate surface area is 96.8 Å². The van der Waals surface area contributed by atoms with E-state index in [1.807, 2.05) is 0 Å². The predicted octanol–water partition coefficient (Wildman–Crippen LogP) is 0.299. The quantitative estimate of drug-likeness (QED) is 0.654. The third kappa shape index (κ3) is 2.83. The first-order chi connectivity index (χ1) is 8.15. The lowest BCUT2D eigenvalue weighted by molar-refractivity contribution is -0.139. The molecule has 3 N–H and O–H groups in total. The lowest BCUT2D eigenvalue weighted by Crippen LogP contribution is -2.20. The number of carbonyl (C=O) groups is 2. The molecule has 1 aromatic heterocycles. The van der Waals surface area contributed by atoms with E-state index in [2.05, 4.69) is 15.6 Å². The Hall–Kier alpha value is -2.31. The van der Waals surface area contributed by atoms with Gasteiger partial charge in [0.25, 0.3) is 0 Å². The van der Waals surface area contributed by atoms with Crippen LogP contribution < -0.4 is 15.4 Å². The van der Waals surface area contributed by atoms with Gasteiger partial charge in [-0.2, -0.15) is 0 Å². The van der Waals surface area contributed by atoms with Crippen molar-refractivity contribution in [1.29, 1.82) is 0 Å². The van der Waals surface area contributed by atoms with Crippen molar-refractivity contribution in [1.82, 2.24) is 4.98 Å². The van der Waals surface area contributed by atoms with Crippen molar-refractivity contribution in [3.63, 3.8) is 0 Å². The second kappa shape index (κ2) is 4.69. The molecule has 0 fully saturated rings. The van der Waals surface area contributed by atoms with E-state index in [0.29, 0.717) is 30.4 Å². The van der Waals surface area contributed by atoms with Gasteiger partial charge >= 0.3 is 5.97 Å². The van der Waals surface area contributed by atoms with Crippen LogP contribution in [0.4, 0.5) is 11.5 Å². The maximum atomic E-state index is 11.2. The SMILES string of the molecule is O=C(O)CC(=O)Nc1cnc2c(c1)OCCN2. The highest BCUT2D eigenvalue weighted by Crippen LogP contribution is 2.27. The summed E-state index contributed by atoms with van der Waals surface area (Å²) in [6, 6.07) is 1.61. The van der Waals surface area contributed by atoms with E-state index in [1.54, 1.807) is 6.07 Å². The fourth-order valence-corrected chi connectivity index (χ4v) is 1.43. The zero-order chi connectivity index (χ0) is 12.3. The van der Waals surface area contributed by atoms with Crippen LogP contribution in [-0.4, -0.2) is 35.1 Å². The highest BCUT2D eigenvalue weighted by Gasteiger charge is 2.13. The van der Waals surface area contributed by atoms with E-state index in [-0.39, 0.29) is 0 Å². The fourth-order valence-electron chi connectivity index (χ4n) is 1.43. The van der Waals surface area contributed by atoms with Gasteiger partial charge in [-0.15, -0.1) is 0 Å². The standard InChI is InChI=1S/C10H11N3O4/c14-8(4-9(15)16)13-6-3-7-10(12-5-6)11-1-2-17-7/h3,5H,1-2,4H2,(H,11,12)(H,13,14)(H,15,16). The van der Waals surface area contributed by atoms with E-state index in [1.165, 1.54) is 6.20 Å². The van der Waals surface area contributed by atoms with Crippen molar-refractivity contribution in [3.8, 4) is 5.75 Å². The van der Waals surface area contributed by atoms with Gasteiger partial charge < -0.3 is 20.5 Å². The minimum Gasteiger partial charge on any atom is -0.488 e. The molecule has 1 aromatic rings. The second-order valence-corrected chi connectivity index (χ2v) is 3.46. The van der Waals surface area contributed by atoms with E-state index < -0.39 is 18.3 Å². The van der Waals surface area contributed by atoms with Crippen LogP contribution in [0.5, 0.6) is 5.75 Å². The second-order valence-electron chi connectivity index (χ2n) is 3.46. The molecule has 7 nitrogen and oxygen atoms in total. The Balaban J connectivity index is 2.07. The number of pyridine rings is 1. The molecule has 1 aliphatic heterocycles. The Morgan fingerprint density at radius 2 is 2.41 bits per heavy atom. The molecular weight excluding hydrogens is 226 g/mol. The van der Waals surface area contributed by atoms with Gasteiger partial charge in [-0.25, -0.2) is 4.98 Å². The van der Waals surface area contributed by atoms with Crippen LogP contribution in [0.25, 0.3) is 0 Å². The summed E-state index contributed by atoms with van der Waals surface area (Å²) in [5.74, 6) is -0.605.